The van der Waals surface area contributed by atoms with Crippen LogP contribution in [0.3, 0.4) is 0 Å². The van der Waals surface area contributed by atoms with Gasteiger partial charge in [-0.25, -0.2) is 4.39 Å². The Hall–Kier alpha value is -2.63. The van der Waals surface area contributed by atoms with Gasteiger partial charge < -0.3 is 15.1 Å². The summed E-state index contributed by atoms with van der Waals surface area (Å²) >= 11 is 0. The van der Waals surface area contributed by atoms with Gasteiger partial charge in [-0.2, -0.15) is 0 Å². The number of amides is 1. The summed E-state index contributed by atoms with van der Waals surface area (Å²) in [5.74, 6) is -0.367. The maximum atomic E-state index is 13.1. The van der Waals surface area contributed by atoms with Crippen LogP contribution in [-0.2, 0) is 0 Å². The summed E-state index contributed by atoms with van der Waals surface area (Å²) < 4.78 is 13.1. The first-order chi connectivity index (χ1) is 12.0. The third-order valence-corrected chi connectivity index (χ3v) is 4.23. The Bertz CT molecular complexity index is 724. The average Bonchev–Trinajstić information content (AvgIpc) is 2.62. The van der Waals surface area contributed by atoms with Crippen molar-refractivity contribution in [2.45, 2.75) is 19.9 Å². The van der Waals surface area contributed by atoms with Crippen molar-refractivity contribution >= 4 is 17.3 Å². The van der Waals surface area contributed by atoms with Crippen LogP contribution in [-0.4, -0.2) is 43.1 Å². The fourth-order valence-electron chi connectivity index (χ4n) is 2.95. The standard InChI is InChI=1S/C19H23FN4O/c1-14(2)22-19(25)18-13-17(7-8-21-18)24-11-9-23(10-12-24)16-5-3-15(20)4-6-16/h3-8,13-14H,9-12H2,1-2H3,(H,22,25). The fraction of sp³-hybridized carbons (Fsp3) is 0.368. The zero-order chi connectivity index (χ0) is 17.8. The van der Waals surface area contributed by atoms with Crippen molar-refractivity contribution in [2.24, 2.45) is 0 Å². The molecule has 2 heterocycles. The van der Waals surface area contributed by atoms with Gasteiger partial charge in [0.15, 0.2) is 0 Å². The lowest BCUT2D eigenvalue weighted by molar-refractivity contribution is 0.0938. The van der Waals surface area contributed by atoms with E-state index < -0.39 is 0 Å². The summed E-state index contributed by atoms with van der Waals surface area (Å²) in [6.45, 7) is 7.23. The topological polar surface area (TPSA) is 48.5 Å². The van der Waals surface area contributed by atoms with Gasteiger partial charge in [-0.05, 0) is 50.2 Å². The monoisotopic (exact) mass is 342 g/mol. The number of pyridine rings is 1. The maximum Gasteiger partial charge on any atom is 0.270 e. The molecule has 0 unspecified atom stereocenters. The molecule has 0 bridgehead atoms. The number of nitrogens with zero attached hydrogens (tertiary/aromatic N) is 3. The smallest absolute Gasteiger partial charge is 0.270 e. The molecule has 1 aliphatic rings. The molecule has 1 amide bonds. The van der Waals surface area contributed by atoms with Gasteiger partial charge >= 0.3 is 0 Å². The minimum Gasteiger partial charge on any atom is -0.368 e. The van der Waals surface area contributed by atoms with Crippen molar-refractivity contribution in [1.29, 1.82) is 0 Å². The van der Waals surface area contributed by atoms with Crippen molar-refractivity contribution in [3.8, 4) is 0 Å². The van der Waals surface area contributed by atoms with Gasteiger partial charge in [0.05, 0.1) is 0 Å². The highest BCUT2D eigenvalue weighted by molar-refractivity contribution is 5.93. The van der Waals surface area contributed by atoms with Crippen molar-refractivity contribution < 1.29 is 9.18 Å². The molecule has 0 aliphatic carbocycles. The van der Waals surface area contributed by atoms with Crippen LogP contribution in [0.15, 0.2) is 42.6 Å². The quantitative estimate of drug-likeness (QED) is 0.928. The molecule has 5 nitrogen and oxygen atoms in total. The van der Waals surface area contributed by atoms with E-state index >= 15 is 0 Å². The maximum absolute atomic E-state index is 13.1. The summed E-state index contributed by atoms with van der Waals surface area (Å²) in [7, 11) is 0. The molecule has 0 spiro atoms. The molecule has 1 saturated heterocycles. The minimum atomic E-state index is -0.216. The summed E-state index contributed by atoms with van der Waals surface area (Å²) in [6.07, 6.45) is 1.68. The van der Waals surface area contributed by atoms with Crippen LogP contribution in [0.4, 0.5) is 15.8 Å². The van der Waals surface area contributed by atoms with Crippen molar-refractivity contribution in [3.05, 3.63) is 54.1 Å². The van der Waals surface area contributed by atoms with Gasteiger partial charge in [-0.15, -0.1) is 0 Å². The molecule has 3 rings (SSSR count). The Balaban J connectivity index is 1.64. The number of carbonyl (C=O) groups is 1. The number of halogens is 1. The van der Waals surface area contributed by atoms with E-state index in [4.69, 9.17) is 0 Å². The second-order valence-corrected chi connectivity index (χ2v) is 6.48. The third kappa shape index (κ3) is 4.26. The first-order valence-electron chi connectivity index (χ1n) is 8.55. The average molecular weight is 342 g/mol. The van der Waals surface area contributed by atoms with E-state index in [2.05, 4.69) is 20.1 Å². The number of aromatic nitrogens is 1. The van der Waals surface area contributed by atoms with Crippen LogP contribution in [0.2, 0.25) is 0 Å². The number of benzene rings is 1. The van der Waals surface area contributed by atoms with Gasteiger partial charge in [0.2, 0.25) is 0 Å². The largest absolute Gasteiger partial charge is 0.368 e. The predicted octanol–water partition coefficient (Wildman–Crippen LogP) is 2.69. The molecule has 0 saturated carbocycles. The fourth-order valence-corrected chi connectivity index (χ4v) is 2.95. The van der Waals surface area contributed by atoms with E-state index in [0.29, 0.717) is 5.69 Å². The van der Waals surface area contributed by atoms with Crippen LogP contribution in [0.5, 0.6) is 0 Å². The Morgan fingerprint density at radius 3 is 2.24 bits per heavy atom. The van der Waals surface area contributed by atoms with Crippen LogP contribution < -0.4 is 15.1 Å². The molecule has 1 aromatic carbocycles. The Morgan fingerprint density at radius 1 is 1.04 bits per heavy atom. The molecule has 1 aliphatic heterocycles. The number of carbonyl (C=O) groups excluding carboxylic acids is 1. The summed E-state index contributed by atoms with van der Waals surface area (Å²) in [4.78, 5) is 20.8. The summed E-state index contributed by atoms with van der Waals surface area (Å²) in [5, 5.41) is 2.86. The molecule has 0 radical (unpaired) electrons. The van der Waals surface area contributed by atoms with E-state index in [1.54, 1.807) is 6.20 Å². The zero-order valence-electron chi connectivity index (χ0n) is 14.6. The molecule has 0 atom stereocenters. The molecule has 1 N–H and O–H groups in total. The van der Waals surface area contributed by atoms with Gasteiger partial charge in [-0.1, -0.05) is 0 Å². The van der Waals surface area contributed by atoms with Crippen molar-refractivity contribution in [2.75, 3.05) is 36.0 Å². The first kappa shape index (κ1) is 17.2. The zero-order valence-corrected chi connectivity index (χ0v) is 14.6. The van der Waals surface area contributed by atoms with Gasteiger partial charge in [0, 0.05) is 49.8 Å². The molecule has 1 aromatic heterocycles. The van der Waals surface area contributed by atoms with Crippen LogP contribution >= 0.6 is 0 Å². The number of rotatable bonds is 4. The van der Waals surface area contributed by atoms with E-state index in [-0.39, 0.29) is 17.8 Å². The molecular formula is C19H23FN4O. The minimum absolute atomic E-state index is 0.0808. The van der Waals surface area contributed by atoms with Gasteiger partial charge in [-0.3, -0.25) is 9.78 Å². The molecule has 2 aromatic rings. The van der Waals surface area contributed by atoms with E-state index in [1.807, 2.05) is 38.1 Å². The number of anilines is 2. The summed E-state index contributed by atoms with van der Waals surface area (Å²) in [5.41, 5.74) is 2.47. The molecule has 6 heteroatoms. The first-order valence-corrected chi connectivity index (χ1v) is 8.55. The van der Waals surface area contributed by atoms with Crippen molar-refractivity contribution in [3.63, 3.8) is 0 Å². The predicted molar refractivity (Wildman–Crippen MR) is 97.7 cm³/mol. The highest BCUT2D eigenvalue weighted by Gasteiger charge is 2.19. The van der Waals surface area contributed by atoms with Crippen LogP contribution in [0.25, 0.3) is 0 Å². The molecule has 25 heavy (non-hydrogen) atoms. The summed E-state index contributed by atoms with van der Waals surface area (Å²) in [6, 6.07) is 10.5. The Kier molecular flexibility index (Phi) is 5.16. The van der Waals surface area contributed by atoms with E-state index in [1.165, 1.54) is 12.1 Å². The normalized spacial score (nSPS) is 14.7. The Labute approximate surface area is 147 Å². The second kappa shape index (κ2) is 7.51. The lowest BCUT2D eigenvalue weighted by atomic mass is 10.2. The number of hydrogen-bond donors (Lipinski definition) is 1. The van der Waals surface area contributed by atoms with E-state index in [0.717, 1.165) is 37.6 Å². The molecular weight excluding hydrogens is 319 g/mol. The highest BCUT2D eigenvalue weighted by atomic mass is 19.1. The molecule has 1 fully saturated rings. The Morgan fingerprint density at radius 2 is 1.64 bits per heavy atom. The lowest BCUT2D eigenvalue weighted by Gasteiger charge is -2.37. The highest BCUT2D eigenvalue weighted by Crippen LogP contribution is 2.21. The van der Waals surface area contributed by atoms with Gasteiger partial charge in [0.1, 0.15) is 11.5 Å². The van der Waals surface area contributed by atoms with Crippen LogP contribution in [0.1, 0.15) is 24.3 Å². The van der Waals surface area contributed by atoms with E-state index in [9.17, 15) is 9.18 Å². The number of piperazine rings is 1. The third-order valence-electron chi connectivity index (χ3n) is 4.23. The lowest BCUT2D eigenvalue weighted by Crippen LogP contribution is -2.46. The SMILES string of the molecule is CC(C)NC(=O)c1cc(N2CCN(c3ccc(F)cc3)CC2)ccn1. The molecule has 132 valence electrons. The number of nitrogens with one attached hydrogen (secondary N) is 1. The number of hydrogen-bond acceptors (Lipinski definition) is 4. The van der Waals surface area contributed by atoms with Crippen molar-refractivity contribution in [1.82, 2.24) is 10.3 Å². The second-order valence-electron chi connectivity index (χ2n) is 6.48. The van der Waals surface area contributed by atoms with Gasteiger partial charge in [0.25, 0.3) is 5.91 Å². The van der Waals surface area contributed by atoms with Crippen LogP contribution in [0, 0.1) is 5.82 Å².